The summed E-state index contributed by atoms with van der Waals surface area (Å²) < 4.78 is 5.30. The highest BCUT2D eigenvalue weighted by Crippen LogP contribution is 2.20. The van der Waals surface area contributed by atoms with Crippen LogP contribution in [0.15, 0.2) is 53.3 Å². The number of methoxy groups -OCH3 is 1. The number of aromatic amines is 1. The molecule has 0 aliphatic rings. The average Bonchev–Trinajstić information content (AvgIpc) is 2.61. The summed E-state index contributed by atoms with van der Waals surface area (Å²) in [5.41, 5.74) is 2.92. The fourth-order valence-electron chi connectivity index (χ4n) is 2.77. The van der Waals surface area contributed by atoms with Gasteiger partial charge in [-0.25, -0.2) is 0 Å². The van der Waals surface area contributed by atoms with Crippen LogP contribution in [0.25, 0.3) is 10.9 Å². The number of fused-ring (bicyclic) bond motifs is 1. The Bertz CT molecular complexity index is 976. The van der Waals surface area contributed by atoms with E-state index in [1.165, 1.54) is 0 Å². The number of aryl methyl sites for hydroxylation is 2. The number of carbonyl (C=O) groups excluding carboxylic acids is 1. The lowest BCUT2D eigenvalue weighted by atomic mass is 10.1. The summed E-state index contributed by atoms with van der Waals surface area (Å²) >= 11 is 0. The van der Waals surface area contributed by atoms with E-state index in [4.69, 9.17) is 4.74 Å². The lowest BCUT2D eigenvalue weighted by molar-refractivity contribution is -0.116. The van der Waals surface area contributed by atoms with Gasteiger partial charge in [0, 0.05) is 17.7 Å². The van der Waals surface area contributed by atoms with Crippen molar-refractivity contribution in [2.24, 2.45) is 0 Å². The Morgan fingerprint density at radius 1 is 1.16 bits per heavy atom. The minimum Gasteiger partial charge on any atom is -0.496 e. The van der Waals surface area contributed by atoms with Gasteiger partial charge in [0.25, 0.3) is 5.56 Å². The van der Waals surface area contributed by atoms with Crippen LogP contribution in [0.3, 0.4) is 0 Å². The van der Waals surface area contributed by atoms with Crippen molar-refractivity contribution in [2.75, 3.05) is 12.4 Å². The number of H-pyrrole nitrogens is 1. The number of hydrogen-bond acceptors (Lipinski definition) is 3. The van der Waals surface area contributed by atoms with Crippen molar-refractivity contribution >= 4 is 22.5 Å². The first-order valence-corrected chi connectivity index (χ1v) is 8.12. The SMILES string of the molecule is COc1ccccc1CCC(=O)Nc1ccc2cc(C)c(=O)[nH]c2c1. The van der Waals surface area contributed by atoms with E-state index in [9.17, 15) is 9.59 Å². The number of carbonyl (C=O) groups is 1. The second kappa shape index (κ2) is 7.21. The summed E-state index contributed by atoms with van der Waals surface area (Å²) in [7, 11) is 1.62. The van der Waals surface area contributed by atoms with Gasteiger partial charge in [0.05, 0.1) is 12.6 Å². The van der Waals surface area contributed by atoms with Gasteiger partial charge in [-0.1, -0.05) is 24.3 Å². The standard InChI is InChI=1S/C20H20N2O3/c1-13-11-15-7-9-16(12-17(15)22-20(13)24)21-19(23)10-8-14-5-3-4-6-18(14)25-2/h3-7,9,11-12H,8,10H2,1-2H3,(H,21,23)(H,22,24). The van der Waals surface area contributed by atoms with E-state index < -0.39 is 0 Å². The summed E-state index contributed by atoms with van der Waals surface area (Å²) in [5.74, 6) is 0.702. The third-order valence-electron chi connectivity index (χ3n) is 4.13. The normalized spacial score (nSPS) is 10.6. The van der Waals surface area contributed by atoms with Crippen LogP contribution in [-0.2, 0) is 11.2 Å². The number of pyridine rings is 1. The summed E-state index contributed by atoms with van der Waals surface area (Å²) in [6.45, 7) is 1.77. The Hall–Kier alpha value is -3.08. The fraction of sp³-hybridized carbons (Fsp3) is 0.200. The van der Waals surface area contributed by atoms with E-state index >= 15 is 0 Å². The van der Waals surface area contributed by atoms with Gasteiger partial charge in [0.2, 0.25) is 5.91 Å². The molecular formula is C20H20N2O3. The van der Waals surface area contributed by atoms with Crippen LogP contribution in [0.5, 0.6) is 5.75 Å². The largest absolute Gasteiger partial charge is 0.496 e. The Balaban J connectivity index is 1.69. The van der Waals surface area contributed by atoms with E-state index in [2.05, 4.69) is 10.3 Å². The molecule has 0 aliphatic carbocycles. The molecule has 0 unspecified atom stereocenters. The van der Waals surface area contributed by atoms with Crippen molar-refractivity contribution in [3.05, 3.63) is 70.0 Å². The molecule has 25 heavy (non-hydrogen) atoms. The number of amides is 1. The van der Waals surface area contributed by atoms with Crippen LogP contribution < -0.4 is 15.6 Å². The van der Waals surface area contributed by atoms with E-state index in [1.807, 2.05) is 42.5 Å². The zero-order valence-corrected chi connectivity index (χ0v) is 14.3. The van der Waals surface area contributed by atoms with Crippen LogP contribution >= 0.6 is 0 Å². The highest BCUT2D eigenvalue weighted by atomic mass is 16.5. The van der Waals surface area contributed by atoms with Crippen LogP contribution in [-0.4, -0.2) is 18.0 Å². The summed E-state index contributed by atoms with van der Waals surface area (Å²) in [6, 6.07) is 15.0. The molecule has 0 saturated heterocycles. The second-order valence-corrected chi connectivity index (χ2v) is 5.94. The lowest BCUT2D eigenvalue weighted by Gasteiger charge is -2.09. The average molecular weight is 336 g/mol. The number of ether oxygens (including phenoxy) is 1. The van der Waals surface area contributed by atoms with E-state index in [1.54, 1.807) is 20.1 Å². The molecule has 0 saturated carbocycles. The minimum atomic E-state index is -0.118. The van der Waals surface area contributed by atoms with Crippen molar-refractivity contribution < 1.29 is 9.53 Å². The zero-order chi connectivity index (χ0) is 17.8. The number of para-hydroxylation sites is 1. The van der Waals surface area contributed by atoms with Crippen LogP contribution in [0.1, 0.15) is 17.5 Å². The monoisotopic (exact) mass is 336 g/mol. The van der Waals surface area contributed by atoms with Crippen LogP contribution in [0.4, 0.5) is 5.69 Å². The molecule has 0 atom stereocenters. The quantitative estimate of drug-likeness (QED) is 0.750. The molecule has 2 N–H and O–H groups in total. The molecule has 1 aromatic heterocycles. The first-order chi connectivity index (χ1) is 12.1. The molecular weight excluding hydrogens is 316 g/mol. The van der Waals surface area contributed by atoms with Crippen LogP contribution in [0, 0.1) is 6.92 Å². The number of hydrogen-bond donors (Lipinski definition) is 2. The lowest BCUT2D eigenvalue weighted by Crippen LogP contribution is -2.13. The van der Waals surface area contributed by atoms with Gasteiger partial charge < -0.3 is 15.0 Å². The van der Waals surface area contributed by atoms with E-state index in [0.717, 1.165) is 16.7 Å². The van der Waals surface area contributed by atoms with E-state index in [-0.39, 0.29) is 11.5 Å². The van der Waals surface area contributed by atoms with Crippen molar-refractivity contribution in [2.45, 2.75) is 19.8 Å². The maximum atomic E-state index is 12.2. The molecule has 128 valence electrons. The summed E-state index contributed by atoms with van der Waals surface area (Å²) in [4.78, 5) is 26.8. The molecule has 3 aromatic rings. The topological polar surface area (TPSA) is 71.2 Å². The molecule has 5 nitrogen and oxygen atoms in total. The molecule has 5 heteroatoms. The molecule has 0 radical (unpaired) electrons. The number of rotatable bonds is 5. The number of benzene rings is 2. The maximum absolute atomic E-state index is 12.2. The van der Waals surface area contributed by atoms with Gasteiger partial charge >= 0.3 is 0 Å². The van der Waals surface area contributed by atoms with Gasteiger partial charge in [-0.15, -0.1) is 0 Å². The van der Waals surface area contributed by atoms with Gasteiger partial charge in [-0.3, -0.25) is 9.59 Å². The first kappa shape index (κ1) is 16.8. The Kier molecular flexibility index (Phi) is 4.84. The highest BCUT2D eigenvalue weighted by Gasteiger charge is 2.07. The third kappa shape index (κ3) is 3.88. The van der Waals surface area contributed by atoms with Gasteiger partial charge in [-0.2, -0.15) is 0 Å². The Morgan fingerprint density at radius 2 is 1.96 bits per heavy atom. The molecule has 0 spiro atoms. The maximum Gasteiger partial charge on any atom is 0.251 e. The second-order valence-electron chi connectivity index (χ2n) is 5.94. The summed E-state index contributed by atoms with van der Waals surface area (Å²) in [5, 5.41) is 3.81. The Morgan fingerprint density at radius 3 is 2.76 bits per heavy atom. The smallest absolute Gasteiger partial charge is 0.251 e. The predicted molar refractivity (Wildman–Crippen MR) is 99.3 cm³/mol. The number of aromatic nitrogens is 1. The third-order valence-corrected chi connectivity index (χ3v) is 4.13. The molecule has 1 amide bonds. The van der Waals surface area contributed by atoms with Crippen molar-refractivity contribution in [1.82, 2.24) is 4.98 Å². The van der Waals surface area contributed by atoms with Crippen molar-refractivity contribution in [3.63, 3.8) is 0 Å². The van der Waals surface area contributed by atoms with Gasteiger partial charge in [0.1, 0.15) is 5.75 Å². The Labute approximate surface area is 145 Å². The molecule has 0 bridgehead atoms. The number of nitrogens with one attached hydrogen (secondary N) is 2. The van der Waals surface area contributed by atoms with Gasteiger partial charge in [0.15, 0.2) is 0 Å². The number of anilines is 1. The van der Waals surface area contributed by atoms with Crippen molar-refractivity contribution in [1.29, 1.82) is 0 Å². The minimum absolute atomic E-state index is 0.0836. The highest BCUT2D eigenvalue weighted by molar-refractivity contribution is 5.93. The molecule has 3 rings (SSSR count). The van der Waals surface area contributed by atoms with Gasteiger partial charge in [-0.05, 0) is 48.6 Å². The molecule has 0 aliphatic heterocycles. The predicted octanol–water partition coefficient (Wildman–Crippen LogP) is 3.42. The fourth-order valence-corrected chi connectivity index (χ4v) is 2.77. The molecule has 2 aromatic carbocycles. The van der Waals surface area contributed by atoms with Crippen LogP contribution in [0.2, 0.25) is 0 Å². The van der Waals surface area contributed by atoms with E-state index in [0.29, 0.717) is 29.6 Å². The zero-order valence-electron chi connectivity index (χ0n) is 14.3. The van der Waals surface area contributed by atoms with Crippen molar-refractivity contribution in [3.8, 4) is 5.75 Å². The molecule has 1 heterocycles. The molecule has 0 fully saturated rings. The first-order valence-electron chi connectivity index (χ1n) is 8.12. The summed E-state index contributed by atoms with van der Waals surface area (Å²) in [6.07, 6.45) is 0.947.